The Hall–Kier alpha value is -1.89. The van der Waals surface area contributed by atoms with Crippen LogP contribution in [0.2, 0.25) is 0 Å². The monoisotopic (exact) mass is 238 g/mol. The SMILES string of the molecule is Cc1cc(CNC(=O)C2CNC(=O)CN2)no1. The van der Waals surface area contributed by atoms with E-state index in [4.69, 9.17) is 4.52 Å². The lowest BCUT2D eigenvalue weighted by molar-refractivity contribution is -0.126. The van der Waals surface area contributed by atoms with Gasteiger partial charge in [0.2, 0.25) is 11.8 Å². The standard InChI is InChI=1S/C10H14N4O3/c1-6-2-7(14-17-6)3-13-10(16)8-4-12-9(15)5-11-8/h2,8,11H,3-5H2,1H3,(H,12,15)(H,13,16). The molecular weight excluding hydrogens is 224 g/mol. The molecule has 0 aliphatic carbocycles. The van der Waals surface area contributed by atoms with E-state index in [0.717, 1.165) is 0 Å². The molecule has 3 N–H and O–H groups in total. The van der Waals surface area contributed by atoms with E-state index in [0.29, 0.717) is 24.5 Å². The molecule has 1 atom stereocenters. The van der Waals surface area contributed by atoms with E-state index >= 15 is 0 Å². The Morgan fingerprint density at radius 2 is 2.53 bits per heavy atom. The number of amides is 2. The molecule has 2 amide bonds. The highest BCUT2D eigenvalue weighted by atomic mass is 16.5. The Balaban J connectivity index is 1.79. The van der Waals surface area contributed by atoms with Crippen molar-refractivity contribution in [1.29, 1.82) is 0 Å². The van der Waals surface area contributed by atoms with Crippen molar-refractivity contribution in [1.82, 2.24) is 21.1 Å². The number of piperazine rings is 1. The predicted molar refractivity (Wildman–Crippen MR) is 57.9 cm³/mol. The second-order valence-corrected chi connectivity index (χ2v) is 3.88. The van der Waals surface area contributed by atoms with E-state index < -0.39 is 0 Å². The van der Waals surface area contributed by atoms with E-state index in [-0.39, 0.29) is 24.4 Å². The molecule has 2 rings (SSSR count). The van der Waals surface area contributed by atoms with Crippen molar-refractivity contribution in [3.05, 3.63) is 17.5 Å². The molecule has 1 aliphatic heterocycles. The van der Waals surface area contributed by atoms with Crippen LogP contribution in [0.15, 0.2) is 10.6 Å². The van der Waals surface area contributed by atoms with Crippen molar-refractivity contribution in [3.8, 4) is 0 Å². The quantitative estimate of drug-likeness (QED) is 0.607. The van der Waals surface area contributed by atoms with E-state index in [2.05, 4.69) is 21.1 Å². The molecule has 17 heavy (non-hydrogen) atoms. The lowest BCUT2D eigenvalue weighted by atomic mass is 10.2. The average molecular weight is 238 g/mol. The highest BCUT2D eigenvalue weighted by Crippen LogP contribution is 2.00. The second kappa shape index (κ2) is 4.96. The minimum absolute atomic E-state index is 0.0961. The first kappa shape index (κ1) is 11.6. The van der Waals surface area contributed by atoms with Gasteiger partial charge in [0.15, 0.2) is 0 Å². The summed E-state index contributed by atoms with van der Waals surface area (Å²) in [5, 5.41) is 11.9. The van der Waals surface area contributed by atoms with Crippen molar-refractivity contribution in [2.45, 2.75) is 19.5 Å². The first-order valence-corrected chi connectivity index (χ1v) is 5.35. The number of aromatic nitrogens is 1. The molecule has 1 fully saturated rings. The van der Waals surface area contributed by atoms with Crippen LogP contribution in [0, 0.1) is 6.92 Å². The number of nitrogens with zero attached hydrogens (tertiary/aromatic N) is 1. The van der Waals surface area contributed by atoms with Crippen molar-refractivity contribution in [3.63, 3.8) is 0 Å². The lowest BCUT2D eigenvalue weighted by Gasteiger charge is -2.22. The van der Waals surface area contributed by atoms with Gasteiger partial charge in [-0.2, -0.15) is 0 Å². The summed E-state index contributed by atoms with van der Waals surface area (Å²) < 4.78 is 4.88. The average Bonchev–Trinajstić information content (AvgIpc) is 2.73. The third-order valence-corrected chi connectivity index (χ3v) is 2.45. The summed E-state index contributed by atoms with van der Waals surface area (Å²) in [5.74, 6) is 0.448. The van der Waals surface area contributed by atoms with Crippen LogP contribution in [0.4, 0.5) is 0 Å². The highest BCUT2D eigenvalue weighted by Gasteiger charge is 2.23. The fourth-order valence-corrected chi connectivity index (χ4v) is 1.55. The maximum Gasteiger partial charge on any atom is 0.239 e. The van der Waals surface area contributed by atoms with Crippen LogP contribution < -0.4 is 16.0 Å². The molecule has 0 radical (unpaired) electrons. The summed E-state index contributed by atoms with van der Waals surface area (Å²) in [6.45, 7) is 2.59. The van der Waals surface area contributed by atoms with Crippen LogP contribution in [0.3, 0.4) is 0 Å². The Morgan fingerprint density at radius 1 is 1.71 bits per heavy atom. The zero-order valence-electron chi connectivity index (χ0n) is 9.45. The molecule has 1 aromatic rings. The summed E-state index contributed by atoms with van der Waals surface area (Å²) in [7, 11) is 0. The van der Waals surface area contributed by atoms with Gasteiger partial charge in [-0.3, -0.25) is 14.9 Å². The van der Waals surface area contributed by atoms with Gasteiger partial charge < -0.3 is 15.2 Å². The van der Waals surface area contributed by atoms with Crippen molar-refractivity contribution in [2.24, 2.45) is 0 Å². The normalized spacial score (nSPS) is 19.8. The largest absolute Gasteiger partial charge is 0.361 e. The summed E-state index contributed by atoms with van der Waals surface area (Å²) in [6.07, 6.45) is 0. The number of hydrogen-bond acceptors (Lipinski definition) is 5. The fourth-order valence-electron chi connectivity index (χ4n) is 1.55. The van der Waals surface area contributed by atoms with Gasteiger partial charge in [0.05, 0.1) is 13.1 Å². The van der Waals surface area contributed by atoms with Crippen LogP contribution >= 0.6 is 0 Å². The number of rotatable bonds is 3. The second-order valence-electron chi connectivity index (χ2n) is 3.88. The van der Waals surface area contributed by atoms with Gasteiger partial charge in [0.25, 0.3) is 0 Å². The van der Waals surface area contributed by atoms with Gasteiger partial charge in [-0.25, -0.2) is 0 Å². The van der Waals surface area contributed by atoms with Gasteiger partial charge in [-0.1, -0.05) is 5.16 Å². The Bertz CT molecular complexity index is 419. The number of nitrogens with one attached hydrogen (secondary N) is 3. The van der Waals surface area contributed by atoms with Crippen LogP contribution in [0.25, 0.3) is 0 Å². The molecule has 1 aliphatic rings. The number of aryl methyl sites for hydroxylation is 1. The Morgan fingerprint density at radius 3 is 3.12 bits per heavy atom. The molecule has 0 aromatic carbocycles. The number of hydrogen-bond donors (Lipinski definition) is 3. The Kier molecular flexibility index (Phi) is 3.38. The highest BCUT2D eigenvalue weighted by molar-refractivity contribution is 5.86. The first-order valence-electron chi connectivity index (χ1n) is 5.35. The zero-order chi connectivity index (χ0) is 12.3. The molecule has 92 valence electrons. The summed E-state index contributed by atoms with van der Waals surface area (Å²) in [5.41, 5.74) is 0.677. The minimum atomic E-state index is -0.388. The summed E-state index contributed by atoms with van der Waals surface area (Å²) in [4.78, 5) is 22.6. The molecule has 0 bridgehead atoms. The van der Waals surface area contributed by atoms with Crippen LogP contribution in [-0.2, 0) is 16.1 Å². The maximum absolute atomic E-state index is 11.7. The third-order valence-electron chi connectivity index (χ3n) is 2.45. The molecule has 0 spiro atoms. The van der Waals surface area contributed by atoms with Crippen LogP contribution in [-0.4, -0.2) is 36.1 Å². The first-order chi connectivity index (χ1) is 8.15. The topological polar surface area (TPSA) is 96.3 Å². The van der Waals surface area contributed by atoms with E-state index in [1.54, 1.807) is 13.0 Å². The smallest absolute Gasteiger partial charge is 0.239 e. The van der Waals surface area contributed by atoms with Gasteiger partial charge >= 0.3 is 0 Å². The number of carbonyl (C=O) groups excluding carboxylic acids is 2. The maximum atomic E-state index is 11.7. The van der Waals surface area contributed by atoms with Gasteiger partial charge in [-0.05, 0) is 6.92 Å². The van der Waals surface area contributed by atoms with Crippen molar-refractivity contribution >= 4 is 11.8 Å². The summed E-state index contributed by atoms with van der Waals surface area (Å²) >= 11 is 0. The lowest BCUT2D eigenvalue weighted by Crippen LogP contribution is -2.57. The van der Waals surface area contributed by atoms with E-state index in [1.165, 1.54) is 0 Å². The molecule has 0 saturated carbocycles. The minimum Gasteiger partial charge on any atom is -0.361 e. The Labute approximate surface area is 97.9 Å². The van der Waals surface area contributed by atoms with Crippen molar-refractivity contribution in [2.75, 3.05) is 13.1 Å². The molecule has 1 aromatic heterocycles. The van der Waals surface area contributed by atoms with Gasteiger partial charge in [-0.15, -0.1) is 0 Å². The fraction of sp³-hybridized carbons (Fsp3) is 0.500. The van der Waals surface area contributed by atoms with Gasteiger partial charge in [0, 0.05) is 12.6 Å². The molecule has 7 heteroatoms. The summed E-state index contributed by atoms with van der Waals surface area (Å²) in [6, 6.07) is 1.37. The molecule has 7 nitrogen and oxygen atoms in total. The molecular formula is C10H14N4O3. The predicted octanol–water partition coefficient (Wildman–Crippen LogP) is -1.31. The third kappa shape index (κ3) is 3.04. The molecule has 1 saturated heterocycles. The number of carbonyl (C=O) groups is 2. The van der Waals surface area contributed by atoms with Crippen LogP contribution in [0.5, 0.6) is 0 Å². The van der Waals surface area contributed by atoms with Crippen LogP contribution in [0.1, 0.15) is 11.5 Å². The van der Waals surface area contributed by atoms with E-state index in [1.807, 2.05) is 0 Å². The molecule has 1 unspecified atom stereocenters. The zero-order valence-corrected chi connectivity index (χ0v) is 9.45. The van der Waals surface area contributed by atoms with Gasteiger partial charge in [0.1, 0.15) is 17.5 Å². The van der Waals surface area contributed by atoms with E-state index in [9.17, 15) is 9.59 Å². The van der Waals surface area contributed by atoms with Crippen molar-refractivity contribution < 1.29 is 14.1 Å². The molecule has 2 heterocycles.